The number of fused-ring (bicyclic) bond motifs is 1. The maximum atomic E-state index is 9.76. The van der Waals surface area contributed by atoms with Crippen molar-refractivity contribution in [1.29, 1.82) is 0 Å². The molecule has 0 fully saturated rings. The Bertz CT molecular complexity index is 498. The summed E-state index contributed by atoms with van der Waals surface area (Å²) < 4.78 is 10.9. The molecule has 0 amide bonds. The molecule has 0 aliphatic carbocycles. The van der Waals surface area contributed by atoms with Crippen molar-refractivity contribution in [2.24, 2.45) is 0 Å². The van der Waals surface area contributed by atoms with Crippen LogP contribution in [0.15, 0.2) is 24.3 Å². The third kappa shape index (κ3) is 3.41. The van der Waals surface area contributed by atoms with Gasteiger partial charge in [0.25, 0.3) is 0 Å². The molecule has 2 rings (SSSR count). The largest absolute Gasteiger partial charge is 0.474 e. The smallest absolute Gasteiger partial charge is 0.233 e. The first-order valence-corrected chi connectivity index (χ1v) is 6.83. The first kappa shape index (κ1) is 13.3. The summed E-state index contributed by atoms with van der Waals surface area (Å²) in [6.45, 7) is 4.87. The molecule has 5 heteroatoms. The van der Waals surface area contributed by atoms with Gasteiger partial charge >= 0.3 is 0 Å². The van der Waals surface area contributed by atoms with Crippen LogP contribution in [0.25, 0.3) is 10.1 Å². The molecule has 18 heavy (non-hydrogen) atoms. The molecule has 0 bridgehead atoms. The molecule has 1 unspecified atom stereocenters. The van der Waals surface area contributed by atoms with Crippen LogP contribution in [0, 0.1) is 0 Å². The molecule has 1 aromatic heterocycles. The Balaban J connectivity index is 1.90. The van der Waals surface area contributed by atoms with Gasteiger partial charge in [0.05, 0.1) is 10.1 Å². The van der Waals surface area contributed by atoms with Gasteiger partial charge in [-0.25, -0.2) is 0 Å². The van der Waals surface area contributed by atoms with Crippen molar-refractivity contribution in [3.8, 4) is 5.88 Å². The van der Waals surface area contributed by atoms with E-state index in [4.69, 9.17) is 4.74 Å². The molecular weight excluding hydrogens is 248 g/mol. The predicted octanol–water partition coefficient (Wildman–Crippen LogP) is 2.03. The van der Waals surface area contributed by atoms with Crippen LogP contribution >= 0.6 is 11.5 Å². The molecule has 1 heterocycles. The lowest BCUT2D eigenvalue weighted by molar-refractivity contribution is 0.103. The zero-order valence-electron chi connectivity index (χ0n) is 10.6. The lowest BCUT2D eigenvalue weighted by Gasteiger charge is -2.14. The number of nitrogens with zero attached hydrogens (tertiary/aromatic N) is 1. The molecule has 1 aromatic carbocycles. The van der Waals surface area contributed by atoms with E-state index in [1.54, 1.807) is 0 Å². The van der Waals surface area contributed by atoms with Gasteiger partial charge in [0, 0.05) is 12.6 Å². The number of hydrogen-bond acceptors (Lipinski definition) is 5. The van der Waals surface area contributed by atoms with E-state index in [9.17, 15) is 5.11 Å². The van der Waals surface area contributed by atoms with Crippen molar-refractivity contribution in [2.45, 2.75) is 26.0 Å². The first-order valence-electron chi connectivity index (χ1n) is 6.05. The van der Waals surface area contributed by atoms with Crippen molar-refractivity contribution >= 4 is 21.6 Å². The first-order chi connectivity index (χ1) is 8.66. The summed E-state index contributed by atoms with van der Waals surface area (Å²) in [5, 5.41) is 13.9. The van der Waals surface area contributed by atoms with Gasteiger partial charge in [-0.15, -0.1) is 0 Å². The fraction of sp³-hybridized carbons (Fsp3) is 0.462. The van der Waals surface area contributed by atoms with Crippen LogP contribution in [0.2, 0.25) is 0 Å². The van der Waals surface area contributed by atoms with Crippen molar-refractivity contribution in [2.75, 3.05) is 13.2 Å². The molecule has 1 atom stereocenters. The fourth-order valence-electron chi connectivity index (χ4n) is 1.57. The number of rotatable bonds is 6. The molecular formula is C13H18N2O2S. The molecule has 2 N–H and O–H groups in total. The zero-order valence-corrected chi connectivity index (χ0v) is 11.4. The van der Waals surface area contributed by atoms with Gasteiger partial charge in [-0.1, -0.05) is 26.0 Å². The Hall–Kier alpha value is -1.17. The van der Waals surface area contributed by atoms with Crippen molar-refractivity contribution in [1.82, 2.24) is 9.69 Å². The van der Waals surface area contributed by atoms with Crippen LogP contribution in [-0.4, -0.2) is 34.8 Å². The van der Waals surface area contributed by atoms with E-state index in [1.807, 2.05) is 38.1 Å². The minimum absolute atomic E-state index is 0.257. The second-order valence-corrected chi connectivity index (χ2v) is 5.32. The molecule has 0 saturated heterocycles. The number of aliphatic hydroxyl groups is 1. The third-order valence-electron chi connectivity index (χ3n) is 2.52. The quantitative estimate of drug-likeness (QED) is 0.840. The molecule has 0 radical (unpaired) electrons. The molecule has 0 saturated carbocycles. The Labute approximate surface area is 111 Å². The third-order valence-corrected chi connectivity index (χ3v) is 3.33. The van der Waals surface area contributed by atoms with Crippen LogP contribution in [-0.2, 0) is 0 Å². The zero-order chi connectivity index (χ0) is 13.0. The highest BCUT2D eigenvalue weighted by molar-refractivity contribution is 7.13. The average molecular weight is 266 g/mol. The standard InChI is InChI=1S/C13H18N2O2S/c1-9(2)14-7-10(16)8-17-13-11-5-3-4-6-12(11)18-15-13/h3-6,9-10,14,16H,7-8H2,1-2H3. The maximum Gasteiger partial charge on any atom is 0.233 e. The summed E-state index contributed by atoms with van der Waals surface area (Å²) in [5.74, 6) is 0.610. The van der Waals surface area contributed by atoms with Crippen molar-refractivity contribution in [3.63, 3.8) is 0 Å². The fourth-order valence-corrected chi connectivity index (χ4v) is 2.30. The Morgan fingerprint density at radius 2 is 2.17 bits per heavy atom. The Morgan fingerprint density at radius 1 is 1.39 bits per heavy atom. The summed E-state index contributed by atoms with van der Waals surface area (Å²) in [7, 11) is 0. The summed E-state index contributed by atoms with van der Waals surface area (Å²) in [6, 6.07) is 8.29. The van der Waals surface area contributed by atoms with Gasteiger partial charge < -0.3 is 15.2 Å². The van der Waals surface area contributed by atoms with Crippen molar-refractivity contribution in [3.05, 3.63) is 24.3 Å². The lowest BCUT2D eigenvalue weighted by Crippen LogP contribution is -2.35. The summed E-state index contributed by atoms with van der Waals surface area (Å²) in [4.78, 5) is 0. The molecule has 0 spiro atoms. The Morgan fingerprint density at radius 3 is 2.94 bits per heavy atom. The monoisotopic (exact) mass is 266 g/mol. The van der Waals surface area contributed by atoms with E-state index in [2.05, 4.69) is 9.69 Å². The van der Waals surface area contributed by atoms with Gasteiger partial charge in [-0.3, -0.25) is 0 Å². The normalized spacial score (nSPS) is 13.1. The minimum atomic E-state index is -0.520. The average Bonchev–Trinajstić information content (AvgIpc) is 2.77. The van der Waals surface area contributed by atoms with Gasteiger partial charge in [0.2, 0.25) is 5.88 Å². The van der Waals surface area contributed by atoms with Crippen LogP contribution in [0.1, 0.15) is 13.8 Å². The predicted molar refractivity (Wildman–Crippen MR) is 74.3 cm³/mol. The van der Waals surface area contributed by atoms with E-state index in [0.717, 1.165) is 10.1 Å². The van der Waals surface area contributed by atoms with E-state index in [-0.39, 0.29) is 6.61 Å². The number of ether oxygens (including phenoxy) is 1. The van der Waals surface area contributed by atoms with E-state index in [1.165, 1.54) is 11.5 Å². The summed E-state index contributed by atoms with van der Waals surface area (Å²) in [5.41, 5.74) is 0. The van der Waals surface area contributed by atoms with Crippen molar-refractivity contribution < 1.29 is 9.84 Å². The Kier molecular flexibility index (Phi) is 4.52. The van der Waals surface area contributed by atoms with Crippen LogP contribution < -0.4 is 10.1 Å². The van der Waals surface area contributed by atoms with Gasteiger partial charge in [0.1, 0.15) is 12.7 Å². The number of nitrogens with one attached hydrogen (secondary N) is 1. The highest BCUT2D eigenvalue weighted by Crippen LogP contribution is 2.27. The van der Waals surface area contributed by atoms with Gasteiger partial charge in [-0.2, -0.15) is 4.37 Å². The molecule has 0 aliphatic rings. The number of aliphatic hydroxyl groups excluding tert-OH is 1. The molecule has 0 aliphatic heterocycles. The topological polar surface area (TPSA) is 54.4 Å². The van der Waals surface area contributed by atoms with Crippen LogP contribution in [0.5, 0.6) is 5.88 Å². The molecule has 98 valence electrons. The highest BCUT2D eigenvalue weighted by atomic mass is 32.1. The lowest BCUT2D eigenvalue weighted by atomic mass is 10.3. The van der Waals surface area contributed by atoms with E-state index < -0.39 is 6.10 Å². The summed E-state index contributed by atoms with van der Waals surface area (Å²) >= 11 is 1.41. The SMILES string of the molecule is CC(C)NCC(O)COc1nsc2ccccc12. The second kappa shape index (κ2) is 6.13. The molecule has 2 aromatic rings. The van der Waals surface area contributed by atoms with Crippen LogP contribution in [0.3, 0.4) is 0 Å². The van der Waals surface area contributed by atoms with Gasteiger partial charge in [0.15, 0.2) is 0 Å². The second-order valence-electron chi connectivity index (χ2n) is 4.51. The summed E-state index contributed by atoms with van der Waals surface area (Å²) in [6.07, 6.45) is -0.520. The minimum Gasteiger partial charge on any atom is -0.474 e. The number of benzene rings is 1. The van der Waals surface area contributed by atoms with Gasteiger partial charge in [-0.05, 0) is 23.7 Å². The molecule has 4 nitrogen and oxygen atoms in total. The maximum absolute atomic E-state index is 9.76. The van der Waals surface area contributed by atoms with E-state index in [0.29, 0.717) is 18.5 Å². The highest BCUT2D eigenvalue weighted by Gasteiger charge is 2.10. The van der Waals surface area contributed by atoms with E-state index >= 15 is 0 Å². The number of aromatic nitrogens is 1. The number of hydrogen-bond donors (Lipinski definition) is 2. The van der Waals surface area contributed by atoms with Crippen LogP contribution in [0.4, 0.5) is 0 Å².